The number of carbonyl (C=O) groups excluding carboxylic acids is 3. The van der Waals surface area contributed by atoms with Gasteiger partial charge in [0.15, 0.2) is 5.82 Å². The number of nitrogens with one attached hydrogen (secondary N) is 3. The van der Waals surface area contributed by atoms with Crippen molar-refractivity contribution in [3.8, 4) is 17.6 Å². The van der Waals surface area contributed by atoms with Crippen molar-refractivity contribution < 1.29 is 23.7 Å². The van der Waals surface area contributed by atoms with Crippen LogP contribution in [0.2, 0.25) is 5.02 Å². The summed E-state index contributed by atoms with van der Waals surface area (Å²) in [7, 11) is -0.891. The number of hydrogen-bond acceptors (Lipinski definition) is 12. The van der Waals surface area contributed by atoms with Crippen molar-refractivity contribution in [1.29, 1.82) is 0 Å². The Morgan fingerprint density at radius 3 is 2.39 bits per heavy atom. The van der Waals surface area contributed by atoms with Gasteiger partial charge in [0.05, 0.1) is 24.7 Å². The highest BCUT2D eigenvalue weighted by Gasteiger charge is 2.40. The molecule has 3 fully saturated rings. The van der Waals surface area contributed by atoms with E-state index in [1.165, 1.54) is 11.3 Å². The van der Waals surface area contributed by atoms with Crippen LogP contribution in [0.25, 0.3) is 0 Å². The van der Waals surface area contributed by atoms with E-state index in [4.69, 9.17) is 21.3 Å². The number of ether oxygens (including phenoxy) is 1. The Hall–Kier alpha value is -6.39. The van der Waals surface area contributed by atoms with Gasteiger partial charge in [-0.25, -0.2) is 4.98 Å². The van der Waals surface area contributed by atoms with E-state index in [1.807, 2.05) is 48.5 Å². The predicted octanol–water partition coefficient (Wildman–Crippen LogP) is 7.39. The Kier molecular flexibility index (Phi) is 13.3. The molecule has 4 aliphatic rings. The number of imide groups is 1. The number of rotatable bonds is 11. The molecule has 3 amide bonds. The van der Waals surface area contributed by atoms with E-state index < -0.39 is 19.1 Å². The van der Waals surface area contributed by atoms with Gasteiger partial charge in [0.1, 0.15) is 24.0 Å². The van der Waals surface area contributed by atoms with Crippen molar-refractivity contribution in [3.05, 3.63) is 118 Å². The average molecular weight is 940 g/mol. The van der Waals surface area contributed by atoms with Gasteiger partial charge in [-0.15, -0.1) is 0 Å². The van der Waals surface area contributed by atoms with Gasteiger partial charge in [-0.05, 0) is 98.7 Å². The second-order valence-corrected chi connectivity index (χ2v) is 21.4. The smallest absolute Gasteiger partial charge is 0.255 e. The van der Waals surface area contributed by atoms with Crippen LogP contribution in [0.15, 0.2) is 85.1 Å². The number of piperidine rings is 2. The number of nitrogens with zero attached hydrogens (tertiary/aromatic N) is 6. The summed E-state index contributed by atoms with van der Waals surface area (Å²) in [5.41, 5.74) is 8.00. The summed E-state index contributed by atoms with van der Waals surface area (Å²) in [6, 6.07) is 25.4. The van der Waals surface area contributed by atoms with Gasteiger partial charge in [-0.3, -0.25) is 24.6 Å². The Balaban J connectivity index is 0.804. The molecule has 1 unspecified atom stereocenters. The van der Waals surface area contributed by atoms with Crippen LogP contribution < -0.4 is 35.8 Å². The van der Waals surface area contributed by atoms with Crippen LogP contribution in [0.1, 0.15) is 65.2 Å². The number of aromatic nitrogens is 2. The highest BCUT2D eigenvalue weighted by Crippen LogP contribution is 2.40. The molecular formula is C51H55ClN9O5P. The van der Waals surface area contributed by atoms with Gasteiger partial charge in [0, 0.05) is 97.7 Å². The lowest BCUT2D eigenvalue weighted by atomic mass is 9.99. The summed E-state index contributed by atoms with van der Waals surface area (Å²) in [6.07, 6.45) is 5.06. The number of para-hydroxylation sites is 1. The summed E-state index contributed by atoms with van der Waals surface area (Å²) in [5, 5.41) is 10.1. The number of benzene rings is 4. The first-order chi connectivity index (χ1) is 32.4. The van der Waals surface area contributed by atoms with Crippen LogP contribution in [-0.2, 0) is 27.1 Å². The zero-order chi connectivity index (χ0) is 46.8. The maximum Gasteiger partial charge on any atom is 0.255 e. The number of piperazine rings is 1. The van der Waals surface area contributed by atoms with Crippen molar-refractivity contribution in [2.75, 3.05) is 80.1 Å². The molecule has 5 heterocycles. The van der Waals surface area contributed by atoms with E-state index in [0.717, 1.165) is 91.9 Å². The quantitative estimate of drug-likeness (QED) is 0.0688. The molecule has 3 N–H and O–H groups in total. The average Bonchev–Trinajstić information content (AvgIpc) is 3.67. The molecule has 4 aromatic carbocycles. The number of fused-ring (bicyclic) bond motifs is 1. The second-order valence-electron chi connectivity index (χ2n) is 17.8. The van der Waals surface area contributed by atoms with Gasteiger partial charge in [0.25, 0.3) is 5.91 Å². The third kappa shape index (κ3) is 9.87. The SMILES string of the molecule is CCc1cc(Nc2ncc(Cl)c(Nc3ccccc3P(C)(C)=O)n2)c(OC)cc1N1CCC(N2CCN(c3cccc(C#Cc4cccc5c4CN(C4CCC(=O)NC4=O)C5=O)c3)CC2)CC1. The Labute approximate surface area is 396 Å². The zero-order valence-corrected chi connectivity index (χ0v) is 39.9. The summed E-state index contributed by atoms with van der Waals surface area (Å²) < 4.78 is 18.9. The summed E-state index contributed by atoms with van der Waals surface area (Å²) in [5.74, 6) is 7.18. The molecule has 0 saturated carbocycles. The van der Waals surface area contributed by atoms with Gasteiger partial charge in [-0.2, -0.15) is 4.98 Å². The molecule has 3 saturated heterocycles. The van der Waals surface area contributed by atoms with Gasteiger partial charge < -0.3 is 34.6 Å². The highest BCUT2D eigenvalue weighted by atomic mass is 35.5. The van der Waals surface area contributed by atoms with Gasteiger partial charge in [0.2, 0.25) is 17.8 Å². The van der Waals surface area contributed by atoms with E-state index >= 15 is 0 Å². The highest BCUT2D eigenvalue weighted by molar-refractivity contribution is 7.70. The third-order valence-electron chi connectivity index (χ3n) is 13.3. The van der Waals surface area contributed by atoms with Crippen LogP contribution >= 0.6 is 18.7 Å². The normalized spacial score (nSPS) is 18.0. The number of hydrogen-bond donors (Lipinski definition) is 3. The summed E-state index contributed by atoms with van der Waals surface area (Å²) in [6.45, 7) is 11.6. The van der Waals surface area contributed by atoms with Gasteiger partial charge >= 0.3 is 0 Å². The first-order valence-corrected chi connectivity index (χ1v) is 25.9. The number of amides is 3. The molecule has 1 atom stereocenters. The van der Waals surface area contributed by atoms with E-state index in [9.17, 15) is 18.9 Å². The lowest BCUT2D eigenvalue weighted by molar-refractivity contribution is -0.136. The molecule has 5 aromatic rings. The molecule has 4 aliphatic heterocycles. The minimum atomic E-state index is -2.56. The lowest BCUT2D eigenvalue weighted by Crippen LogP contribution is -2.53. The van der Waals surface area contributed by atoms with Gasteiger partial charge in [-0.1, -0.05) is 54.6 Å². The molecule has 9 rings (SSSR count). The number of carbonyl (C=O) groups is 3. The first kappa shape index (κ1) is 45.8. The van der Waals surface area contributed by atoms with Crippen molar-refractivity contribution in [2.24, 2.45) is 0 Å². The Morgan fingerprint density at radius 1 is 0.866 bits per heavy atom. The van der Waals surface area contributed by atoms with E-state index in [-0.39, 0.29) is 18.2 Å². The minimum Gasteiger partial charge on any atom is -0.494 e. The number of anilines is 6. The monoisotopic (exact) mass is 939 g/mol. The van der Waals surface area contributed by atoms with Crippen LogP contribution in [0.4, 0.5) is 34.5 Å². The molecular weight excluding hydrogens is 885 g/mol. The van der Waals surface area contributed by atoms with E-state index in [1.54, 1.807) is 37.6 Å². The van der Waals surface area contributed by atoms with E-state index in [0.29, 0.717) is 52.8 Å². The van der Waals surface area contributed by atoms with Crippen LogP contribution in [-0.4, -0.2) is 109 Å². The maximum absolute atomic E-state index is 13.3. The minimum absolute atomic E-state index is 0.201. The number of aryl methyl sites for hydroxylation is 1. The molecule has 0 radical (unpaired) electrons. The fourth-order valence-electron chi connectivity index (χ4n) is 9.71. The largest absolute Gasteiger partial charge is 0.494 e. The predicted molar refractivity (Wildman–Crippen MR) is 265 cm³/mol. The molecule has 67 heavy (non-hydrogen) atoms. The first-order valence-electron chi connectivity index (χ1n) is 22.9. The van der Waals surface area contributed by atoms with Crippen molar-refractivity contribution in [2.45, 2.75) is 57.7 Å². The van der Waals surface area contributed by atoms with E-state index in [2.05, 4.69) is 78.7 Å². The van der Waals surface area contributed by atoms with Crippen LogP contribution in [0.3, 0.4) is 0 Å². The Morgan fingerprint density at radius 2 is 1.64 bits per heavy atom. The molecule has 346 valence electrons. The third-order valence-corrected chi connectivity index (χ3v) is 15.1. The zero-order valence-electron chi connectivity index (χ0n) is 38.3. The number of halogens is 1. The number of methoxy groups -OCH3 is 1. The second kappa shape index (κ2) is 19.4. The molecule has 0 aliphatic carbocycles. The van der Waals surface area contributed by atoms with Crippen molar-refractivity contribution in [1.82, 2.24) is 25.1 Å². The Bertz CT molecular complexity index is 2840. The molecule has 16 heteroatoms. The topological polar surface area (TPSA) is 152 Å². The summed E-state index contributed by atoms with van der Waals surface area (Å²) >= 11 is 6.55. The van der Waals surface area contributed by atoms with Crippen molar-refractivity contribution in [3.63, 3.8) is 0 Å². The fraction of sp³-hybridized carbons (Fsp3) is 0.353. The molecule has 14 nitrogen and oxygen atoms in total. The fourth-order valence-corrected chi connectivity index (χ4v) is 11.0. The standard InChI is InChI=1S/C51H55ClN9O5P/c1-5-34-29-42(55-51-53-31-40(52)48(57-51)54-41-14-6-7-15-46(41)67(3,4)65)45(66-2)30-44(34)60-22-20-36(21-23-60)58-24-26-59(27-25-58)37-12-8-10-33(28-37)16-17-35-11-9-13-38-39(35)32-61(50(38)64)43-18-19-47(62)56-49(43)63/h6-15,28-31,36,43H,5,18-27,32H2,1-4H3,(H,56,62,63)(H2,53,54,55,57). The van der Waals surface area contributed by atoms with Crippen LogP contribution in [0, 0.1) is 11.8 Å². The van der Waals surface area contributed by atoms with Crippen LogP contribution in [0.5, 0.6) is 5.75 Å². The summed E-state index contributed by atoms with van der Waals surface area (Å²) in [4.78, 5) is 55.9. The molecule has 0 spiro atoms. The lowest BCUT2D eigenvalue weighted by Gasteiger charge is -2.44. The molecule has 0 bridgehead atoms. The maximum atomic E-state index is 13.3. The van der Waals surface area contributed by atoms with Crippen molar-refractivity contribution >= 4 is 76.3 Å². The molecule has 1 aromatic heterocycles.